The van der Waals surface area contributed by atoms with Crippen molar-refractivity contribution in [1.29, 1.82) is 0 Å². The highest BCUT2D eigenvalue weighted by Crippen LogP contribution is 2.29. The summed E-state index contributed by atoms with van der Waals surface area (Å²) in [5.41, 5.74) is 6.09. The fourth-order valence-corrected chi connectivity index (χ4v) is 2.45. The lowest BCUT2D eigenvalue weighted by Gasteiger charge is -2.34. The maximum atomic E-state index is 12.1. The molecular formula is C14H28N2O. The van der Waals surface area contributed by atoms with Gasteiger partial charge < -0.3 is 10.6 Å². The molecule has 0 heterocycles. The molecule has 0 aromatic carbocycles. The van der Waals surface area contributed by atoms with Crippen LogP contribution in [0.5, 0.6) is 0 Å². The Morgan fingerprint density at radius 2 is 1.88 bits per heavy atom. The fraction of sp³-hybridized carbons (Fsp3) is 0.929. The zero-order valence-corrected chi connectivity index (χ0v) is 11.7. The van der Waals surface area contributed by atoms with Gasteiger partial charge >= 0.3 is 0 Å². The first-order valence-corrected chi connectivity index (χ1v) is 6.96. The van der Waals surface area contributed by atoms with Gasteiger partial charge in [0, 0.05) is 25.6 Å². The zero-order chi connectivity index (χ0) is 12.9. The molecule has 0 aliphatic heterocycles. The third kappa shape index (κ3) is 5.07. The van der Waals surface area contributed by atoms with Crippen LogP contribution in [-0.4, -0.2) is 29.9 Å². The van der Waals surface area contributed by atoms with E-state index in [2.05, 4.69) is 13.8 Å². The lowest BCUT2D eigenvalue weighted by atomic mass is 9.80. The Morgan fingerprint density at radius 1 is 1.29 bits per heavy atom. The average molecular weight is 240 g/mol. The Kier molecular flexibility index (Phi) is 5.44. The van der Waals surface area contributed by atoms with Crippen LogP contribution in [0, 0.1) is 5.92 Å². The number of nitrogens with two attached hydrogens (primary N) is 1. The fourth-order valence-electron chi connectivity index (χ4n) is 2.45. The first-order valence-electron chi connectivity index (χ1n) is 6.96. The Bertz CT molecular complexity index is 245. The van der Waals surface area contributed by atoms with Crippen LogP contribution < -0.4 is 5.73 Å². The minimum atomic E-state index is -0.221. The van der Waals surface area contributed by atoms with Crippen LogP contribution in [-0.2, 0) is 4.79 Å². The van der Waals surface area contributed by atoms with Gasteiger partial charge in [-0.05, 0) is 25.2 Å². The van der Waals surface area contributed by atoms with Crippen molar-refractivity contribution >= 4 is 5.91 Å². The van der Waals surface area contributed by atoms with E-state index < -0.39 is 0 Å². The van der Waals surface area contributed by atoms with Gasteiger partial charge in [0.25, 0.3) is 0 Å². The van der Waals surface area contributed by atoms with Crippen molar-refractivity contribution in [3.05, 3.63) is 0 Å². The number of hydrogen-bond acceptors (Lipinski definition) is 2. The molecule has 3 nitrogen and oxygen atoms in total. The van der Waals surface area contributed by atoms with Crippen LogP contribution in [0.4, 0.5) is 0 Å². The molecule has 0 unspecified atom stereocenters. The van der Waals surface area contributed by atoms with Gasteiger partial charge in [0.05, 0.1) is 0 Å². The van der Waals surface area contributed by atoms with Crippen LogP contribution >= 0.6 is 0 Å². The molecule has 0 radical (unpaired) electrons. The lowest BCUT2D eigenvalue weighted by molar-refractivity contribution is -0.131. The maximum Gasteiger partial charge on any atom is 0.224 e. The highest BCUT2D eigenvalue weighted by molar-refractivity contribution is 5.77. The van der Waals surface area contributed by atoms with Crippen LogP contribution in [0.3, 0.4) is 0 Å². The van der Waals surface area contributed by atoms with E-state index in [0.29, 0.717) is 12.3 Å². The Balaban J connectivity index is 2.36. The van der Waals surface area contributed by atoms with Gasteiger partial charge in [-0.1, -0.05) is 33.1 Å². The molecule has 0 bridgehead atoms. The summed E-state index contributed by atoms with van der Waals surface area (Å²) in [6.07, 6.45) is 7.25. The maximum absolute atomic E-state index is 12.1. The first-order chi connectivity index (χ1) is 7.93. The predicted octanol–water partition coefficient (Wildman–Crippen LogP) is 2.54. The van der Waals surface area contributed by atoms with Crippen molar-refractivity contribution < 1.29 is 4.79 Å². The summed E-state index contributed by atoms with van der Waals surface area (Å²) in [6, 6.07) is 0. The van der Waals surface area contributed by atoms with Crippen molar-refractivity contribution in [1.82, 2.24) is 4.90 Å². The number of carbonyl (C=O) groups is 1. The molecule has 0 aromatic heterocycles. The highest BCUT2D eigenvalue weighted by Gasteiger charge is 2.30. The van der Waals surface area contributed by atoms with Crippen LogP contribution in [0.15, 0.2) is 0 Å². The molecule has 1 aliphatic rings. The van der Waals surface area contributed by atoms with Gasteiger partial charge in [-0.25, -0.2) is 0 Å². The summed E-state index contributed by atoms with van der Waals surface area (Å²) in [7, 11) is 1.90. The molecule has 17 heavy (non-hydrogen) atoms. The van der Waals surface area contributed by atoms with Crippen molar-refractivity contribution in [2.75, 3.05) is 13.6 Å². The Morgan fingerprint density at radius 3 is 2.41 bits per heavy atom. The minimum Gasteiger partial charge on any atom is -0.346 e. The topological polar surface area (TPSA) is 46.3 Å². The van der Waals surface area contributed by atoms with E-state index in [4.69, 9.17) is 5.73 Å². The second kappa shape index (κ2) is 6.39. The van der Waals surface area contributed by atoms with Crippen molar-refractivity contribution in [2.45, 2.75) is 64.3 Å². The summed E-state index contributed by atoms with van der Waals surface area (Å²) >= 11 is 0. The van der Waals surface area contributed by atoms with Crippen molar-refractivity contribution in [2.24, 2.45) is 11.7 Å². The largest absolute Gasteiger partial charge is 0.346 e. The minimum absolute atomic E-state index is 0.218. The number of rotatable bonds is 5. The molecule has 1 amide bonds. The van der Waals surface area contributed by atoms with Gasteiger partial charge in [0.15, 0.2) is 0 Å². The van der Waals surface area contributed by atoms with E-state index in [9.17, 15) is 4.79 Å². The van der Waals surface area contributed by atoms with Gasteiger partial charge in [-0.2, -0.15) is 0 Å². The third-order valence-corrected chi connectivity index (χ3v) is 3.82. The van der Waals surface area contributed by atoms with Gasteiger partial charge in [-0.3, -0.25) is 4.79 Å². The third-order valence-electron chi connectivity index (χ3n) is 3.82. The van der Waals surface area contributed by atoms with Gasteiger partial charge in [0.2, 0.25) is 5.91 Å². The number of carbonyl (C=O) groups excluding carboxylic acids is 1. The molecule has 3 heteroatoms. The zero-order valence-electron chi connectivity index (χ0n) is 11.7. The predicted molar refractivity (Wildman–Crippen MR) is 71.7 cm³/mol. The van der Waals surface area contributed by atoms with Crippen molar-refractivity contribution in [3.63, 3.8) is 0 Å². The molecule has 0 aromatic rings. The number of nitrogens with zero attached hydrogens (tertiary/aromatic N) is 1. The molecule has 0 saturated heterocycles. The van der Waals surface area contributed by atoms with E-state index in [0.717, 1.165) is 25.8 Å². The van der Waals surface area contributed by atoms with E-state index >= 15 is 0 Å². The summed E-state index contributed by atoms with van der Waals surface area (Å²) in [6.45, 7) is 5.22. The summed E-state index contributed by atoms with van der Waals surface area (Å²) in [4.78, 5) is 13.9. The SMILES string of the molecule is CC(C)CCN(C)C(=O)CC1(N)CCCCC1. The second-order valence-electron chi connectivity index (χ2n) is 6.10. The molecule has 1 saturated carbocycles. The van der Waals surface area contributed by atoms with Crippen molar-refractivity contribution in [3.8, 4) is 0 Å². The normalized spacial score (nSPS) is 19.4. The smallest absolute Gasteiger partial charge is 0.224 e. The molecule has 2 N–H and O–H groups in total. The summed E-state index contributed by atoms with van der Waals surface area (Å²) in [5.74, 6) is 0.863. The molecular weight excluding hydrogens is 212 g/mol. The van der Waals surface area contributed by atoms with Crippen LogP contribution in [0.2, 0.25) is 0 Å². The first kappa shape index (κ1) is 14.5. The van der Waals surface area contributed by atoms with Crippen LogP contribution in [0.1, 0.15) is 58.8 Å². The average Bonchev–Trinajstić information content (AvgIpc) is 2.26. The van der Waals surface area contributed by atoms with E-state index in [1.807, 2.05) is 11.9 Å². The van der Waals surface area contributed by atoms with E-state index in [-0.39, 0.29) is 11.4 Å². The monoisotopic (exact) mass is 240 g/mol. The Hall–Kier alpha value is -0.570. The molecule has 100 valence electrons. The number of amides is 1. The molecule has 1 rings (SSSR count). The molecule has 1 fully saturated rings. The molecule has 1 aliphatic carbocycles. The quantitative estimate of drug-likeness (QED) is 0.802. The summed E-state index contributed by atoms with van der Waals surface area (Å²) in [5, 5.41) is 0. The Labute approximate surface area is 106 Å². The van der Waals surface area contributed by atoms with Gasteiger partial charge in [0.1, 0.15) is 0 Å². The highest BCUT2D eigenvalue weighted by atomic mass is 16.2. The van der Waals surface area contributed by atoms with Gasteiger partial charge in [-0.15, -0.1) is 0 Å². The van der Waals surface area contributed by atoms with E-state index in [1.165, 1.54) is 19.3 Å². The molecule has 0 spiro atoms. The van der Waals surface area contributed by atoms with E-state index in [1.54, 1.807) is 0 Å². The number of hydrogen-bond donors (Lipinski definition) is 1. The molecule has 0 atom stereocenters. The standard InChI is InChI=1S/C14H28N2O/c1-12(2)7-10-16(3)13(17)11-14(15)8-5-4-6-9-14/h12H,4-11,15H2,1-3H3. The van der Waals surface area contributed by atoms with Crippen LogP contribution in [0.25, 0.3) is 0 Å². The second-order valence-corrected chi connectivity index (χ2v) is 6.10. The lowest BCUT2D eigenvalue weighted by Crippen LogP contribution is -2.46. The summed E-state index contributed by atoms with van der Waals surface area (Å²) < 4.78 is 0.